The molecule has 2 N–H and O–H groups in total. The zero-order valence-electron chi connectivity index (χ0n) is 12.6. The summed E-state index contributed by atoms with van der Waals surface area (Å²) in [6.07, 6.45) is 4.20. The van der Waals surface area contributed by atoms with Crippen molar-refractivity contribution in [1.29, 1.82) is 0 Å². The zero-order chi connectivity index (χ0) is 14.5. The van der Waals surface area contributed by atoms with E-state index in [1.165, 1.54) is 17.1 Å². The van der Waals surface area contributed by atoms with Crippen LogP contribution in [-0.2, 0) is 10.2 Å². The normalized spacial score (nSPS) is 18.2. The molecule has 5 nitrogen and oxygen atoms in total. The molecule has 1 aliphatic rings. The first-order chi connectivity index (χ1) is 8.86. The number of nitrogens with zero attached hydrogens (tertiary/aromatic N) is 1. The van der Waals surface area contributed by atoms with Crippen molar-refractivity contribution in [3.8, 4) is 0 Å². The predicted molar refractivity (Wildman–Crippen MR) is 79.2 cm³/mol. The van der Waals surface area contributed by atoms with Crippen LogP contribution in [-0.4, -0.2) is 44.9 Å². The zero-order valence-corrected chi connectivity index (χ0v) is 13.5. The van der Waals surface area contributed by atoms with Crippen molar-refractivity contribution in [2.24, 2.45) is 5.92 Å². The molecule has 0 radical (unpaired) electrons. The Bertz CT molecular complexity index is 353. The Morgan fingerprint density at radius 3 is 2.42 bits per heavy atom. The van der Waals surface area contributed by atoms with Crippen molar-refractivity contribution in [2.75, 3.05) is 20.1 Å². The Labute approximate surface area is 118 Å². The van der Waals surface area contributed by atoms with Gasteiger partial charge < -0.3 is 5.32 Å². The molecule has 0 saturated heterocycles. The molecule has 1 saturated carbocycles. The molecule has 0 bridgehead atoms. The van der Waals surface area contributed by atoms with Gasteiger partial charge in [0.15, 0.2) is 0 Å². The molecule has 0 aromatic carbocycles. The van der Waals surface area contributed by atoms with Crippen LogP contribution in [0.25, 0.3) is 0 Å². The van der Waals surface area contributed by atoms with Crippen LogP contribution in [0.4, 0.5) is 0 Å². The summed E-state index contributed by atoms with van der Waals surface area (Å²) in [5.74, 6) is 0.310. The van der Waals surface area contributed by atoms with Gasteiger partial charge in [0.1, 0.15) is 0 Å². The van der Waals surface area contributed by atoms with Gasteiger partial charge in [-0.3, -0.25) is 0 Å². The van der Waals surface area contributed by atoms with Crippen LogP contribution in [0.1, 0.15) is 46.5 Å². The quantitative estimate of drug-likeness (QED) is 0.597. The van der Waals surface area contributed by atoms with Crippen LogP contribution in [0.2, 0.25) is 0 Å². The van der Waals surface area contributed by atoms with Gasteiger partial charge in [0, 0.05) is 25.7 Å². The minimum Gasteiger partial charge on any atom is -0.314 e. The Hall–Kier alpha value is -0.170. The van der Waals surface area contributed by atoms with E-state index < -0.39 is 10.2 Å². The fourth-order valence-corrected chi connectivity index (χ4v) is 3.36. The minimum atomic E-state index is -3.35. The van der Waals surface area contributed by atoms with Crippen LogP contribution >= 0.6 is 0 Å². The van der Waals surface area contributed by atoms with E-state index in [-0.39, 0.29) is 6.04 Å². The molecule has 0 spiro atoms. The van der Waals surface area contributed by atoms with E-state index in [2.05, 4.69) is 10.0 Å². The third-order valence-corrected chi connectivity index (χ3v) is 5.22. The maximum atomic E-state index is 12.1. The summed E-state index contributed by atoms with van der Waals surface area (Å²) in [6, 6.07) is 0.697. The number of nitrogens with one attached hydrogen (secondary N) is 2. The van der Waals surface area contributed by atoms with Crippen molar-refractivity contribution in [3.05, 3.63) is 0 Å². The summed E-state index contributed by atoms with van der Waals surface area (Å²) >= 11 is 0. The number of hydrogen-bond donors (Lipinski definition) is 2. The second-order valence-corrected chi connectivity index (χ2v) is 7.59. The monoisotopic (exact) mass is 291 g/mol. The Kier molecular flexibility index (Phi) is 6.73. The van der Waals surface area contributed by atoms with Crippen LogP contribution in [0.3, 0.4) is 0 Å². The molecular weight excluding hydrogens is 262 g/mol. The minimum absolute atomic E-state index is 0.0111. The van der Waals surface area contributed by atoms with Crippen LogP contribution in [0.15, 0.2) is 0 Å². The van der Waals surface area contributed by atoms with Gasteiger partial charge >= 0.3 is 0 Å². The standard InChI is InChI=1S/C13H29N3O2S/c1-5-13(11(2)3)15-19(17,18)16(4)10-6-9-14-12-7-8-12/h11-15H,5-10H2,1-4H3. The molecule has 19 heavy (non-hydrogen) atoms. The van der Waals surface area contributed by atoms with E-state index in [1.807, 2.05) is 20.8 Å². The highest BCUT2D eigenvalue weighted by Crippen LogP contribution is 2.18. The number of hydrogen-bond acceptors (Lipinski definition) is 3. The van der Waals surface area contributed by atoms with Crippen molar-refractivity contribution in [1.82, 2.24) is 14.3 Å². The lowest BCUT2D eigenvalue weighted by Gasteiger charge is -2.24. The molecule has 1 unspecified atom stereocenters. The molecule has 0 aromatic rings. The van der Waals surface area contributed by atoms with E-state index in [1.54, 1.807) is 7.05 Å². The van der Waals surface area contributed by atoms with Gasteiger partial charge in [-0.25, -0.2) is 0 Å². The maximum Gasteiger partial charge on any atom is 0.279 e. The maximum absolute atomic E-state index is 12.1. The topological polar surface area (TPSA) is 61.4 Å². The van der Waals surface area contributed by atoms with Gasteiger partial charge in [0.05, 0.1) is 0 Å². The lowest BCUT2D eigenvalue weighted by atomic mass is 10.0. The molecule has 0 heterocycles. The Morgan fingerprint density at radius 1 is 1.32 bits per heavy atom. The SMILES string of the molecule is CCC(NS(=O)(=O)N(C)CCCNC1CC1)C(C)C. The van der Waals surface area contributed by atoms with Crippen molar-refractivity contribution >= 4 is 10.2 Å². The Balaban J connectivity index is 2.32. The lowest BCUT2D eigenvalue weighted by Crippen LogP contribution is -2.46. The van der Waals surface area contributed by atoms with Gasteiger partial charge in [0.2, 0.25) is 0 Å². The van der Waals surface area contributed by atoms with Gasteiger partial charge in [0.25, 0.3) is 10.2 Å². The van der Waals surface area contributed by atoms with Crippen molar-refractivity contribution in [3.63, 3.8) is 0 Å². The Morgan fingerprint density at radius 2 is 1.95 bits per heavy atom. The molecule has 1 rings (SSSR count). The molecular formula is C13H29N3O2S. The molecule has 1 atom stereocenters. The molecule has 1 fully saturated rings. The molecule has 1 aliphatic carbocycles. The summed E-state index contributed by atoms with van der Waals surface area (Å²) in [5.41, 5.74) is 0. The van der Waals surface area contributed by atoms with Crippen LogP contribution in [0, 0.1) is 5.92 Å². The van der Waals surface area contributed by atoms with Crippen LogP contribution < -0.4 is 10.0 Å². The molecule has 0 amide bonds. The highest BCUT2D eigenvalue weighted by atomic mass is 32.2. The van der Waals surface area contributed by atoms with E-state index in [4.69, 9.17) is 0 Å². The fraction of sp³-hybridized carbons (Fsp3) is 1.00. The molecule has 6 heteroatoms. The highest BCUT2D eigenvalue weighted by molar-refractivity contribution is 7.87. The average molecular weight is 291 g/mol. The van der Waals surface area contributed by atoms with E-state index in [0.29, 0.717) is 18.5 Å². The first-order valence-electron chi connectivity index (χ1n) is 7.33. The van der Waals surface area contributed by atoms with Gasteiger partial charge in [-0.2, -0.15) is 17.4 Å². The van der Waals surface area contributed by atoms with E-state index >= 15 is 0 Å². The molecule has 0 aromatic heterocycles. The smallest absolute Gasteiger partial charge is 0.279 e. The van der Waals surface area contributed by atoms with Gasteiger partial charge in [-0.05, 0) is 38.1 Å². The van der Waals surface area contributed by atoms with Gasteiger partial charge in [-0.1, -0.05) is 20.8 Å². The predicted octanol–water partition coefficient (Wildman–Crippen LogP) is 1.33. The summed E-state index contributed by atoms with van der Waals surface area (Å²) in [5, 5.41) is 3.39. The van der Waals surface area contributed by atoms with Crippen LogP contribution in [0.5, 0.6) is 0 Å². The summed E-state index contributed by atoms with van der Waals surface area (Å²) in [6.45, 7) is 7.54. The first kappa shape index (κ1) is 16.9. The first-order valence-corrected chi connectivity index (χ1v) is 8.77. The van der Waals surface area contributed by atoms with E-state index in [0.717, 1.165) is 19.4 Å². The van der Waals surface area contributed by atoms with Crippen molar-refractivity contribution < 1.29 is 8.42 Å². The fourth-order valence-electron chi connectivity index (χ4n) is 1.99. The lowest BCUT2D eigenvalue weighted by molar-refractivity contribution is 0.399. The third kappa shape index (κ3) is 6.21. The largest absolute Gasteiger partial charge is 0.314 e. The number of rotatable bonds is 10. The highest BCUT2D eigenvalue weighted by Gasteiger charge is 2.23. The second-order valence-electron chi connectivity index (χ2n) is 5.79. The van der Waals surface area contributed by atoms with Gasteiger partial charge in [-0.15, -0.1) is 0 Å². The molecule has 0 aliphatic heterocycles. The summed E-state index contributed by atoms with van der Waals surface area (Å²) in [4.78, 5) is 0. The second kappa shape index (κ2) is 7.57. The third-order valence-electron chi connectivity index (χ3n) is 3.62. The van der Waals surface area contributed by atoms with Crippen molar-refractivity contribution in [2.45, 2.75) is 58.5 Å². The molecule has 114 valence electrons. The summed E-state index contributed by atoms with van der Waals surface area (Å²) in [7, 11) is -1.70. The average Bonchev–Trinajstić information content (AvgIpc) is 3.15. The summed E-state index contributed by atoms with van der Waals surface area (Å²) < 4.78 is 28.5. The van der Waals surface area contributed by atoms with E-state index in [9.17, 15) is 8.42 Å².